The predicted molar refractivity (Wildman–Crippen MR) is 40.0 cm³/mol. The SMILES string of the molecule is CCCN1C(=O)CCNC1=O. The lowest BCUT2D eigenvalue weighted by Gasteiger charge is -2.24. The Labute approximate surface area is 65.6 Å². The topological polar surface area (TPSA) is 49.4 Å². The molecule has 4 nitrogen and oxygen atoms in total. The second-order valence-electron chi connectivity index (χ2n) is 2.53. The highest BCUT2D eigenvalue weighted by Crippen LogP contribution is 2.01. The first-order valence-electron chi connectivity index (χ1n) is 3.84. The van der Waals surface area contributed by atoms with Crippen LogP contribution in [0.3, 0.4) is 0 Å². The molecule has 1 rings (SSSR count). The van der Waals surface area contributed by atoms with Crippen molar-refractivity contribution in [3.05, 3.63) is 0 Å². The van der Waals surface area contributed by atoms with Crippen LogP contribution in [0.4, 0.5) is 4.79 Å². The van der Waals surface area contributed by atoms with Crippen molar-refractivity contribution in [2.45, 2.75) is 19.8 Å². The summed E-state index contributed by atoms with van der Waals surface area (Å²) in [6, 6.07) is -0.247. The summed E-state index contributed by atoms with van der Waals surface area (Å²) < 4.78 is 0. The van der Waals surface area contributed by atoms with Crippen molar-refractivity contribution in [2.75, 3.05) is 13.1 Å². The normalized spacial score (nSPS) is 18.5. The molecule has 0 radical (unpaired) electrons. The summed E-state index contributed by atoms with van der Waals surface area (Å²) in [5.41, 5.74) is 0. The molecule has 0 saturated carbocycles. The van der Waals surface area contributed by atoms with Gasteiger partial charge in [-0.3, -0.25) is 9.69 Å². The van der Waals surface area contributed by atoms with E-state index in [1.54, 1.807) is 0 Å². The van der Waals surface area contributed by atoms with E-state index in [4.69, 9.17) is 0 Å². The van der Waals surface area contributed by atoms with Crippen molar-refractivity contribution in [2.24, 2.45) is 0 Å². The molecular formula is C7H12N2O2. The number of rotatable bonds is 2. The Hall–Kier alpha value is -1.06. The van der Waals surface area contributed by atoms with Crippen LogP contribution in [0.15, 0.2) is 0 Å². The van der Waals surface area contributed by atoms with E-state index >= 15 is 0 Å². The highest BCUT2D eigenvalue weighted by molar-refractivity contribution is 5.96. The van der Waals surface area contributed by atoms with E-state index in [-0.39, 0.29) is 11.9 Å². The number of hydrogen-bond acceptors (Lipinski definition) is 2. The molecule has 0 unspecified atom stereocenters. The monoisotopic (exact) mass is 156 g/mol. The van der Waals surface area contributed by atoms with Gasteiger partial charge in [-0.15, -0.1) is 0 Å². The maximum atomic E-state index is 11.1. The first-order chi connectivity index (χ1) is 5.25. The summed E-state index contributed by atoms with van der Waals surface area (Å²) in [5.74, 6) is -0.0596. The van der Waals surface area contributed by atoms with Gasteiger partial charge in [-0.05, 0) is 6.42 Å². The second-order valence-corrected chi connectivity index (χ2v) is 2.53. The summed E-state index contributed by atoms with van der Waals surface area (Å²) in [7, 11) is 0. The van der Waals surface area contributed by atoms with E-state index in [9.17, 15) is 9.59 Å². The fourth-order valence-electron chi connectivity index (χ4n) is 1.07. The Morgan fingerprint density at radius 3 is 2.82 bits per heavy atom. The van der Waals surface area contributed by atoms with Gasteiger partial charge in [0, 0.05) is 19.5 Å². The van der Waals surface area contributed by atoms with Crippen LogP contribution in [0.2, 0.25) is 0 Å². The van der Waals surface area contributed by atoms with E-state index in [0.29, 0.717) is 19.5 Å². The molecule has 0 aromatic heterocycles. The lowest BCUT2D eigenvalue weighted by atomic mass is 10.3. The summed E-state index contributed by atoms with van der Waals surface area (Å²) in [5, 5.41) is 2.61. The number of carbonyl (C=O) groups excluding carboxylic acids is 2. The van der Waals surface area contributed by atoms with Crippen molar-refractivity contribution in [3.63, 3.8) is 0 Å². The smallest absolute Gasteiger partial charge is 0.324 e. The Morgan fingerprint density at radius 2 is 2.27 bits per heavy atom. The Balaban J connectivity index is 2.55. The van der Waals surface area contributed by atoms with Gasteiger partial charge in [0.25, 0.3) is 0 Å². The minimum Gasteiger partial charge on any atom is -0.337 e. The lowest BCUT2D eigenvalue weighted by molar-refractivity contribution is -0.129. The van der Waals surface area contributed by atoms with Gasteiger partial charge in [0.1, 0.15) is 0 Å². The van der Waals surface area contributed by atoms with Crippen molar-refractivity contribution in [1.82, 2.24) is 10.2 Å². The van der Waals surface area contributed by atoms with Crippen molar-refractivity contribution in [1.29, 1.82) is 0 Å². The van der Waals surface area contributed by atoms with Gasteiger partial charge in [-0.25, -0.2) is 4.79 Å². The van der Waals surface area contributed by atoms with Crippen molar-refractivity contribution in [3.8, 4) is 0 Å². The minimum atomic E-state index is -0.247. The van der Waals surface area contributed by atoms with Crippen LogP contribution in [-0.4, -0.2) is 29.9 Å². The average molecular weight is 156 g/mol. The maximum Gasteiger partial charge on any atom is 0.324 e. The molecule has 4 heteroatoms. The molecular weight excluding hydrogens is 144 g/mol. The third-order valence-electron chi connectivity index (χ3n) is 1.61. The van der Waals surface area contributed by atoms with E-state index in [1.165, 1.54) is 4.90 Å². The molecule has 62 valence electrons. The molecule has 1 heterocycles. The summed E-state index contributed by atoms with van der Waals surface area (Å²) in [4.78, 5) is 23.3. The number of hydrogen-bond donors (Lipinski definition) is 1. The third-order valence-corrected chi connectivity index (χ3v) is 1.61. The zero-order valence-electron chi connectivity index (χ0n) is 6.59. The molecule has 0 spiro atoms. The minimum absolute atomic E-state index is 0.0596. The Kier molecular flexibility index (Phi) is 2.46. The molecule has 0 aliphatic carbocycles. The van der Waals surface area contributed by atoms with Crippen LogP contribution in [0.25, 0.3) is 0 Å². The van der Waals surface area contributed by atoms with E-state index in [2.05, 4.69) is 5.32 Å². The Morgan fingerprint density at radius 1 is 1.55 bits per heavy atom. The summed E-state index contributed by atoms with van der Waals surface area (Å²) in [6.45, 7) is 2.96. The highest BCUT2D eigenvalue weighted by Gasteiger charge is 2.23. The summed E-state index contributed by atoms with van der Waals surface area (Å²) >= 11 is 0. The van der Waals surface area contributed by atoms with Gasteiger partial charge in [0.05, 0.1) is 0 Å². The van der Waals surface area contributed by atoms with Crippen molar-refractivity contribution < 1.29 is 9.59 Å². The largest absolute Gasteiger partial charge is 0.337 e. The number of nitrogens with one attached hydrogen (secondary N) is 1. The first kappa shape index (κ1) is 8.04. The van der Waals surface area contributed by atoms with Gasteiger partial charge in [-0.1, -0.05) is 6.92 Å². The van der Waals surface area contributed by atoms with Gasteiger partial charge in [0.2, 0.25) is 5.91 Å². The molecule has 1 aliphatic rings. The highest BCUT2D eigenvalue weighted by atomic mass is 16.2. The molecule has 1 aliphatic heterocycles. The van der Waals surface area contributed by atoms with Gasteiger partial charge in [0.15, 0.2) is 0 Å². The van der Waals surface area contributed by atoms with Crippen LogP contribution in [-0.2, 0) is 4.79 Å². The molecule has 0 aromatic rings. The van der Waals surface area contributed by atoms with Crippen LogP contribution in [0.5, 0.6) is 0 Å². The molecule has 1 fully saturated rings. The van der Waals surface area contributed by atoms with Crippen LogP contribution in [0, 0.1) is 0 Å². The van der Waals surface area contributed by atoms with E-state index in [1.807, 2.05) is 6.92 Å². The average Bonchev–Trinajstić information content (AvgIpc) is 1.97. The standard InChI is InChI=1S/C7H12N2O2/c1-2-5-9-6(10)3-4-8-7(9)11/h2-5H2,1H3,(H,8,11). The second kappa shape index (κ2) is 3.37. The zero-order chi connectivity index (χ0) is 8.27. The quantitative estimate of drug-likeness (QED) is 0.626. The molecule has 11 heavy (non-hydrogen) atoms. The number of imide groups is 1. The molecule has 0 bridgehead atoms. The fraction of sp³-hybridized carbons (Fsp3) is 0.714. The fourth-order valence-corrected chi connectivity index (χ4v) is 1.07. The molecule has 0 atom stereocenters. The third kappa shape index (κ3) is 1.69. The van der Waals surface area contributed by atoms with Crippen LogP contribution >= 0.6 is 0 Å². The number of amides is 3. The molecule has 0 aromatic carbocycles. The molecule has 3 amide bonds. The summed E-state index contributed by atoms with van der Waals surface area (Å²) in [6.07, 6.45) is 1.25. The van der Waals surface area contributed by atoms with Crippen molar-refractivity contribution >= 4 is 11.9 Å². The van der Waals surface area contributed by atoms with E-state index < -0.39 is 0 Å². The van der Waals surface area contributed by atoms with Crippen LogP contribution in [0.1, 0.15) is 19.8 Å². The van der Waals surface area contributed by atoms with Crippen LogP contribution < -0.4 is 5.32 Å². The van der Waals surface area contributed by atoms with Gasteiger partial charge < -0.3 is 5.32 Å². The number of urea groups is 1. The van der Waals surface area contributed by atoms with Gasteiger partial charge in [-0.2, -0.15) is 0 Å². The lowest BCUT2D eigenvalue weighted by Crippen LogP contribution is -2.49. The maximum absolute atomic E-state index is 11.1. The molecule has 1 N–H and O–H groups in total. The van der Waals surface area contributed by atoms with E-state index in [0.717, 1.165) is 6.42 Å². The number of carbonyl (C=O) groups is 2. The van der Waals surface area contributed by atoms with Gasteiger partial charge >= 0.3 is 6.03 Å². The molecule has 1 saturated heterocycles. The first-order valence-corrected chi connectivity index (χ1v) is 3.84. The predicted octanol–water partition coefficient (Wildman–Crippen LogP) is 0.338. The Bertz CT molecular complexity index is 163. The number of nitrogens with zero attached hydrogens (tertiary/aromatic N) is 1. The zero-order valence-corrected chi connectivity index (χ0v) is 6.59.